The van der Waals surface area contributed by atoms with E-state index in [0.29, 0.717) is 11.0 Å². The quantitative estimate of drug-likeness (QED) is 0.705. The van der Waals surface area contributed by atoms with Gasteiger partial charge < -0.3 is 16.4 Å². The van der Waals surface area contributed by atoms with E-state index in [0.717, 1.165) is 68.0 Å². The van der Waals surface area contributed by atoms with Gasteiger partial charge in [-0.05, 0) is 75.1 Å². The molecule has 34 heavy (non-hydrogen) atoms. The van der Waals surface area contributed by atoms with E-state index >= 15 is 0 Å². The molecule has 0 spiro atoms. The fraction of sp³-hybridized carbons (Fsp3) is 0.464. The predicted octanol–water partition coefficient (Wildman–Crippen LogP) is 4.56. The van der Waals surface area contributed by atoms with Gasteiger partial charge in [0.05, 0.1) is 17.3 Å². The van der Waals surface area contributed by atoms with Crippen LogP contribution in [0.25, 0.3) is 11.3 Å². The summed E-state index contributed by atoms with van der Waals surface area (Å²) in [6, 6.07) is 13.9. The molecule has 1 aromatic carbocycles. The summed E-state index contributed by atoms with van der Waals surface area (Å²) in [5, 5.41) is 9.06. The van der Waals surface area contributed by atoms with E-state index in [2.05, 4.69) is 28.1 Å². The summed E-state index contributed by atoms with van der Waals surface area (Å²) in [6.07, 6.45) is 9.82. The monoisotopic (exact) mass is 454 g/mol. The molecule has 4 fully saturated rings. The molecule has 2 bridgehead atoms. The molecule has 3 aliphatic carbocycles. The highest BCUT2D eigenvalue weighted by Crippen LogP contribution is 2.51. The van der Waals surface area contributed by atoms with Crippen molar-refractivity contribution in [3.8, 4) is 17.3 Å². The molecule has 1 aromatic heterocycles. The lowest BCUT2D eigenvalue weighted by atomic mass is 9.57. The summed E-state index contributed by atoms with van der Waals surface area (Å²) in [5.74, 6) is 0. The molecule has 4 aliphatic rings. The van der Waals surface area contributed by atoms with Gasteiger partial charge in [-0.15, -0.1) is 0 Å². The molecular weight excluding hydrogens is 420 g/mol. The molecule has 0 unspecified atom stereocenters. The third-order valence-corrected chi connectivity index (χ3v) is 8.28. The molecule has 2 aromatic rings. The van der Waals surface area contributed by atoms with Gasteiger partial charge in [0.15, 0.2) is 0 Å². The summed E-state index contributed by atoms with van der Waals surface area (Å²) in [7, 11) is 0. The highest BCUT2D eigenvalue weighted by atomic mass is 15.1. The summed E-state index contributed by atoms with van der Waals surface area (Å²) in [6.45, 7) is 4.57. The lowest BCUT2D eigenvalue weighted by Gasteiger charge is -2.51. The van der Waals surface area contributed by atoms with Gasteiger partial charge >= 0.3 is 0 Å². The van der Waals surface area contributed by atoms with Crippen molar-refractivity contribution >= 4 is 11.4 Å². The third-order valence-electron chi connectivity index (χ3n) is 8.28. The molecule has 6 nitrogen and oxygen atoms in total. The zero-order valence-electron chi connectivity index (χ0n) is 20.1. The second kappa shape index (κ2) is 8.88. The maximum atomic E-state index is 9.06. The maximum absolute atomic E-state index is 9.06. The van der Waals surface area contributed by atoms with E-state index in [1.165, 1.54) is 30.5 Å². The van der Waals surface area contributed by atoms with Crippen molar-refractivity contribution < 1.29 is 0 Å². The average Bonchev–Trinajstić information content (AvgIpc) is 2.88. The van der Waals surface area contributed by atoms with Crippen LogP contribution in [0.4, 0.5) is 5.69 Å². The summed E-state index contributed by atoms with van der Waals surface area (Å²) >= 11 is 0. The minimum atomic E-state index is 0.0975. The Morgan fingerprint density at radius 3 is 2.47 bits per heavy atom. The molecule has 0 atom stereocenters. The Labute approximate surface area is 202 Å². The van der Waals surface area contributed by atoms with Gasteiger partial charge in [-0.25, -0.2) is 0 Å². The Bertz CT molecular complexity index is 1140. The van der Waals surface area contributed by atoms with Crippen LogP contribution in [0, 0.1) is 16.7 Å². The van der Waals surface area contributed by atoms with Crippen molar-refractivity contribution in [3.05, 3.63) is 59.4 Å². The number of piperidine rings is 1. The first kappa shape index (κ1) is 22.6. The van der Waals surface area contributed by atoms with E-state index in [-0.39, 0.29) is 5.54 Å². The van der Waals surface area contributed by atoms with Crippen molar-refractivity contribution in [2.45, 2.75) is 57.4 Å². The lowest BCUT2D eigenvalue weighted by Crippen LogP contribution is -2.52. The number of anilines is 1. The zero-order valence-corrected chi connectivity index (χ0v) is 20.1. The number of rotatable bonds is 4. The number of benzene rings is 1. The highest BCUT2D eigenvalue weighted by molar-refractivity contribution is 6.03. The Kier molecular flexibility index (Phi) is 5.91. The number of allylic oxidation sites excluding steroid dienone is 1. The number of nitrogens with zero attached hydrogens (tertiary/aromatic N) is 4. The maximum Gasteiger partial charge on any atom is 0.0991 e. The van der Waals surface area contributed by atoms with Gasteiger partial charge in [-0.3, -0.25) is 9.98 Å². The normalized spacial score (nSPS) is 29.2. The Morgan fingerprint density at radius 2 is 1.82 bits per heavy atom. The lowest BCUT2D eigenvalue weighted by molar-refractivity contribution is 0.0526. The van der Waals surface area contributed by atoms with Gasteiger partial charge in [0.25, 0.3) is 0 Å². The molecule has 0 radical (unpaired) electrons. The number of hydrogen-bond acceptors (Lipinski definition) is 6. The molecule has 0 amide bonds. The van der Waals surface area contributed by atoms with Crippen LogP contribution in [0.2, 0.25) is 0 Å². The number of pyridine rings is 1. The number of nitriles is 1. The van der Waals surface area contributed by atoms with Crippen LogP contribution in [0.15, 0.2) is 58.9 Å². The van der Waals surface area contributed by atoms with Crippen LogP contribution >= 0.6 is 0 Å². The van der Waals surface area contributed by atoms with Gasteiger partial charge in [-0.2, -0.15) is 5.26 Å². The van der Waals surface area contributed by atoms with E-state index < -0.39 is 0 Å². The summed E-state index contributed by atoms with van der Waals surface area (Å²) < 4.78 is 0. The highest BCUT2D eigenvalue weighted by Gasteiger charge is 2.46. The van der Waals surface area contributed by atoms with Crippen molar-refractivity contribution in [1.82, 2.24) is 4.98 Å². The van der Waals surface area contributed by atoms with E-state index in [4.69, 9.17) is 21.7 Å². The van der Waals surface area contributed by atoms with Crippen molar-refractivity contribution in [1.29, 1.82) is 5.26 Å². The number of nitrogens with two attached hydrogens (primary N) is 2. The third kappa shape index (κ3) is 4.45. The minimum Gasteiger partial charge on any atom is -0.402 e. The molecule has 1 aliphatic heterocycles. The molecule has 6 rings (SSSR count). The first-order chi connectivity index (χ1) is 16.4. The fourth-order valence-electron chi connectivity index (χ4n) is 5.78. The van der Waals surface area contributed by atoms with Crippen LogP contribution in [0.5, 0.6) is 0 Å². The zero-order chi connectivity index (χ0) is 23.8. The molecule has 3 saturated carbocycles. The summed E-state index contributed by atoms with van der Waals surface area (Å²) in [5.41, 5.74) is 20.2. The van der Waals surface area contributed by atoms with Gasteiger partial charge in [0.2, 0.25) is 0 Å². The number of hydrogen-bond donors (Lipinski definition) is 2. The average molecular weight is 455 g/mol. The standard InChI is InChI=1S/C28H34N6/c1-20(30)24-18-34(23-6-14-32-26(16-23)22-4-2-21(17-29)3-5-22)15-7-25(24)33-19-27-8-11-28(31,12-9-27)13-10-27/h2-6,14,16H,7-13,15,18-19,30-31H2,1H3. The van der Waals surface area contributed by atoms with Crippen LogP contribution in [0.3, 0.4) is 0 Å². The Morgan fingerprint density at radius 1 is 1.12 bits per heavy atom. The number of aliphatic imine (C=N–C) groups is 1. The molecule has 2 heterocycles. The first-order valence-electron chi connectivity index (χ1n) is 12.4. The fourth-order valence-corrected chi connectivity index (χ4v) is 5.78. The second-order valence-corrected chi connectivity index (χ2v) is 10.5. The van der Waals surface area contributed by atoms with E-state index in [1.807, 2.05) is 37.4 Å². The smallest absolute Gasteiger partial charge is 0.0991 e. The van der Waals surface area contributed by atoms with Crippen molar-refractivity contribution in [2.24, 2.45) is 21.9 Å². The van der Waals surface area contributed by atoms with Crippen molar-refractivity contribution in [3.63, 3.8) is 0 Å². The number of fused-ring (bicyclic) bond motifs is 3. The Hall–Kier alpha value is -3.17. The first-order valence-corrected chi connectivity index (χ1v) is 12.4. The van der Waals surface area contributed by atoms with Crippen LogP contribution < -0.4 is 16.4 Å². The second-order valence-electron chi connectivity index (χ2n) is 10.5. The summed E-state index contributed by atoms with van der Waals surface area (Å²) in [4.78, 5) is 12.1. The van der Waals surface area contributed by atoms with Gasteiger partial charge in [0, 0.05) is 66.0 Å². The van der Waals surface area contributed by atoms with Crippen LogP contribution in [-0.4, -0.2) is 35.9 Å². The largest absolute Gasteiger partial charge is 0.402 e. The van der Waals surface area contributed by atoms with Gasteiger partial charge in [-0.1, -0.05) is 12.1 Å². The topological polar surface area (TPSA) is 104 Å². The predicted molar refractivity (Wildman–Crippen MR) is 137 cm³/mol. The number of aromatic nitrogens is 1. The van der Waals surface area contributed by atoms with E-state index in [9.17, 15) is 0 Å². The van der Waals surface area contributed by atoms with Crippen molar-refractivity contribution in [2.75, 3.05) is 24.5 Å². The van der Waals surface area contributed by atoms with Crippen LogP contribution in [0.1, 0.15) is 57.4 Å². The van der Waals surface area contributed by atoms with Gasteiger partial charge in [0.1, 0.15) is 0 Å². The van der Waals surface area contributed by atoms with Crippen LogP contribution in [-0.2, 0) is 0 Å². The SMILES string of the molecule is CC(N)=C1CN(c2ccnc(-c3ccc(C#N)cc3)c2)CCC1=NCC12CCC(N)(CC1)CC2. The molecule has 176 valence electrons. The molecular formula is C28H34N6. The molecule has 4 N–H and O–H groups in total. The molecule has 1 saturated heterocycles. The molecule has 6 heteroatoms. The Balaban J connectivity index is 1.32. The minimum absolute atomic E-state index is 0.0975. The van der Waals surface area contributed by atoms with E-state index in [1.54, 1.807) is 0 Å².